The third kappa shape index (κ3) is 4.77. The van der Waals surface area contributed by atoms with Crippen molar-refractivity contribution in [2.24, 2.45) is 0 Å². The van der Waals surface area contributed by atoms with Crippen molar-refractivity contribution >= 4 is 17.5 Å². The van der Waals surface area contributed by atoms with E-state index in [1.54, 1.807) is 24.2 Å². The lowest BCUT2D eigenvalue weighted by atomic mass is 10.1. The smallest absolute Gasteiger partial charge is 0.257 e. The van der Waals surface area contributed by atoms with Gasteiger partial charge in [-0.15, -0.1) is 0 Å². The molecule has 7 nitrogen and oxygen atoms in total. The van der Waals surface area contributed by atoms with Crippen LogP contribution in [0, 0.1) is 11.3 Å². The highest BCUT2D eigenvalue weighted by molar-refractivity contribution is 6.31. The molecule has 0 radical (unpaired) electrons. The molecule has 1 aromatic heterocycles. The second kappa shape index (κ2) is 9.86. The molecular formula is C24H24ClN5O2. The number of carbonyl (C=O) groups is 1. The lowest BCUT2D eigenvalue weighted by molar-refractivity contribution is 0.0606. The molecule has 3 aromatic rings. The topological polar surface area (TPSA) is 74.4 Å². The second-order valence-corrected chi connectivity index (χ2v) is 8.06. The van der Waals surface area contributed by atoms with Crippen molar-refractivity contribution < 1.29 is 9.53 Å². The van der Waals surface area contributed by atoms with Crippen LogP contribution in [0.3, 0.4) is 0 Å². The molecule has 1 atom stereocenters. The first-order valence-electron chi connectivity index (χ1n) is 10.4. The third-order valence-electron chi connectivity index (χ3n) is 5.69. The number of aromatic nitrogens is 2. The van der Waals surface area contributed by atoms with E-state index >= 15 is 0 Å². The molecule has 0 spiro atoms. The summed E-state index contributed by atoms with van der Waals surface area (Å²) in [4.78, 5) is 16.9. The van der Waals surface area contributed by atoms with Gasteiger partial charge in [0.2, 0.25) is 0 Å². The second-order valence-electron chi connectivity index (χ2n) is 7.65. The van der Waals surface area contributed by atoms with Crippen LogP contribution in [0.25, 0.3) is 0 Å². The minimum Gasteiger partial charge on any atom is -0.497 e. The Balaban J connectivity index is 1.36. The molecule has 1 aliphatic rings. The summed E-state index contributed by atoms with van der Waals surface area (Å²) in [6, 6.07) is 17.2. The largest absolute Gasteiger partial charge is 0.497 e. The number of carbonyl (C=O) groups excluding carboxylic acids is 1. The van der Waals surface area contributed by atoms with Gasteiger partial charge in [-0.2, -0.15) is 10.4 Å². The van der Waals surface area contributed by atoms with Crippen molar-refractivity contribution in [3.63, 3.8) is 0 Å². The van der Waals surface area contributed by atoms with Gasteiger partial charge in [0.15, 0.2) is 0 Å². The van der Waals surface area contributed by atoms with E-state index in [4.69, 9.17) is 16.3 Å². The fourth-order valence-corrected chi connectivity index (χ4v) is 4.08. The zero-order valence-electron chi connectivity index (χ0n) is 17.8. The molecule has 32 heavy (non-hydrogen) atoms. The number of hydrogen-bond acceptors (Lipinski definition) is 5. The molecule has 4 rings (SSSR count). The summed E-state index contributed by atoms with van der Waals surface area (Å²) in [7, 11) is 1.62. The Morgan fingerprint density at radius 2 is 1.88 bits per heavy atom. The number of methoxy groups -OCH3 is 1. The first kappa shape index (κ1) is 21.9. The minimum absolute atomic E-state index is 0.0481. The number of halogens is 1. The predicted molar refractivity (Wildman–Crippen MR) is 122 cm³/mol. The van der Waals surface area contributed by atoms with Crippen LogP contribution in [0.2, 0.25) is 5.02 Å². The van der Waals surface area contributed by atoms with E-state index in [9.17, 15) is 10.1 Å². The number of piperazine rings is 1. The monoisotopic (exact) mass is 449 g/mol. The summed E-state index contributed by atoms with van der Waals surface area (Å²) in [5.41, 5.74) is 2.43. The van der Waals surface area contributed by atoms with E-state index in [0.29, 0.717) is 43.3 Å². The van der Waals surface area contributed by atoms with Gasteiger partial charge in [-0.3, -0.25) is 14.4 Å². The third-order valence-corrected chi connectivity index (χ3v) is 6.06. The van der Waals surface area contributed by atoms with Crippen molar-refractivity contribution in [2.45, 2.75) is 12.6 Å². The van der Waals surface area contributed by atoms with Crippen LogP contribution in [0.1, 0.15) is 27.5 Å². The summed E-state index contributed by atoms with van der Waals surface area (Å²) in [5.74, 6) is 0.712. The molecule has 8 heteroatoms. The van der Waals surface area contributed by atoms with E-state index < -0.39 is 0 Å². The van der Waals surface area contributed by atoms with Crippen LogP contribution < -0.4 is 4.74 Å². The molecule has 1 amide bonds. The fourth-order valence-electron chi connectivity index (χ4n) is 3.88. The van der Waals surface area contributed by atoms with E-state index in [1.807, 2.05) is 53.4 Å². The Labute approximate surface area is 192 Å². The Morgan fingerprint density at radius 3 is 2.53 bits per heavy atom. The first-order valence-corrected chi connectivity index (χ1v) is 10.8. The quantitative estimate of drug-likeness (QED) is 0.574. The first-order chi connectivity index (χ1) is 15.6. The van der Waals surface area contributed by atoms with Crippen LogP contribution in [-0.4, -0.2) is 58.8 Å². The Bertz CT molecular complexity index is 1110. The average molecular weight is 450 g/mol. The van der Waals surface area contributed by atoms with Gasteiger partial charge in [-0.05, 0) is 29.3 Å². The summed E-state index contributed by atoms with van der Waals surface area (Å²) in [6.07, 6.45) is 3.36. The van der Waals surface area contributed by atoms with Crippen LogP contribution in [-0.2, 0) is 6.54 Å². The van der Waals surface area contributed by atoms with Gasteiger partial charge in [-0.25, -0.2) is 0 Å². The zero-order valence-corrected chi connectivity index (χ0v) is 18.6. The minimum atomic E-state index is -0.350. The van der Waals surface area contributed by atoms with Gasteiger partial charge in [-0.1, -0.05) is 41.9 Å². The van der Waals surface area contributed by atoms with Gasteiger partial charge in [0, 0.05) is 37.4 Å². The molecule has 0 bridgehead atoms. The van der Waals surface area contributed by atoms with Crippen molar-refractivity contribution in [2.75, 3.05) is 33.3 Å². The zero-order chi connectivity index (χ0) is 22.5. The molecule has 0 aliphatic carbocycles. The number of nitriles is 1. The highest BCUT2D eigenvalue weighted by atomic mass is 35.5. The van der Waals surface area contributed by atoms with Gasteiger partial charge < -0.3 is 9.64 Å². The number of nitrogens with zero attached hydrogens (tertiary/aromatic N) is 5. The molecule has 1 aliphatic heterocycles. The molecule has 0 saturated carbocycles. The molecule has 164 valence electrons. The molecule has 2 heterocycles. The molecule has 2 aromatic carbocycles. The predicted octanol–water partition coefficient (Wildman–Crippen LogP) is 3.62. The Kier molecular flexibility index (Phi) is 6.74. The molecule has 1 fully saturated rings. The van der Waals surface area contributed by atoms with E-state index in [2.05, 4.69) is 16.1 Å². The summed E-state index contributed by atoms with van der Waals surface area (Å²) >= 11 is 6.23. The van der Waals surface area contributed by atoms with Gasteiger partial charge in [0.1, 0.15) is 11.8 Å². The van der Waals surface area contributed by atoms with E-state index in [1.165, 1.54) is 0 Å². The molecular weight excluding hydrogens is 426 g/mol. The number of benzene rings is 2. The average Bonchev–Trinajstić information content (AvgIpc) is 3.30. The van der Waals surface area contributed by atoms with Crippen LogP contribution >= 0.6 is 11.6 Å². The lowest BCUT2D eigenvalue weighted by Gasteiger charge is -2.36. The molecule has 1 saturated heterocycles. The maximum Gasteiger partial charge on any atom is 0.257 e. The summed E-state index contributed by atoms with van der Waals surface area (Å²) < 4.78 is 6.92. The van der Waals surface area contributed by atoms with E-state index in [-0.39, 0.29) is 11.9 Å². The van der Waals surface area contributed by atoms with Crippen molar-refractivity contribution in [1.82, 2.24) is 19.6 Å². The maximum absolute atomic E-state index is 13.0. The highest BCUT2D eigenvalue weighted by Crippen LogP contribution is 2.24. The van der Waals surface area contributed by atoms with Crippen molar-refractivity contribution in [3.8, 4) is 11.8 Å². The molecule has 1 unspecified atom stereocenters. The van der Waals surface area contributed by atoms with Crippen LogP contribution in [0.15, 0.2) is 60.9 Å². The Hall–Kier alpha value is -3.34. The molecule has 0 N–H and O–H groups in total. The van der Waals surface area contributed by atoms with E-state index in [0.717, 1.165) is 16.9 Å². The maximum atomic E-state index is 13.0. The lowest BCUT2D eigenvalue weighted by Crippen LogP contribution is -2.49. The van der Waals surface area contributed by atoms with Crippen LogP contribution in [0.5, 0.6) is 5.75 Å². The SMILES string of the molecule is COc1ccc(C(C#N)N2CCN(C(=O)c3cnn(Cc4ccccc4Cl)c3)CC2)cc1. The van der Waals surface area contributed by atoms with Gasteiger partial charge >= 0.3 is 0 Å². The highest BCUT2D eigenvalue weighted by Gasteiger charge is 2.28. The van der Waals surface area contributed by atoms with Crippen molar-refractivity contribution in [1.29, 1.82) is 5.26 Å². The number of rotatable bonds is 6. The summed E-state index contributed by atoms with van der Waals surface area (Å²) in [6.45, 7) is 2.88. The number of ether oxygens (including phenoxy) is 1. The number of hydrogen-bond donors (Lipinski definition) is 0. The normalized spacial score (nSPS) is 15.2. The number of amides is 1. The van der Waals surface area contributed by atoms with Crippen LogP contribution in [0.4, 0.5) is 0 Å². The fraction of sp³-hybridized carbons (Fsp3) is 0.292. The van der Waals surface area contributed by atoms with Crippen molar-refractivity contribution in [3.05, 3.63) is 82.6 Å². The van der Waals surface area contributed by atoms with Gasteiger partial charge in [0.05, 0.1) is 31.5 Å². The standard InChI is InChI=1S/C24H24ClN5O2/c1-32-21-8-6-18(7-9-21)23(14-26)28-10-12-29(13-11-28)24(31)20-15-27-30(17-20)16-19-4-2-3-5-22(19)25/h2-9,15,17,23H,10-13,16H2,1H3. The summed E-state index contributed by atoms with van der Waals surface area (Å²) in [5, 5.41) is 14.7. The van der Waals surface area contributed by atoms with Gasteiger partial charge in [0.25, 0.3) is 5.91 Å². The Morgan fingerprint density at radius 1 is 1.16 bits per heavy atom.